The number of oxime groups is 1. The predicted molar refractivity (Wildman–Crippen MR) is 59.1 cm³/mol. The molecule has 1 aliphatic heterocycles. The molecule has 0 aromatic carbocycles. The van der Waals surface area contributed by atoms with E-state index in [9.17, 15) is 14.9 Å². The second-order valence-electron chi connectivity index (χ2n) is 3.31. The maximum absolute atomic E-state index is 10.7. The van der Waals surface area contributed by atoms with Gasteiger partial charge in [-0.3, -0.25) is 14.9 Å². The molecule has 0 radical (unpaired) electrons. The molecule has 2 heterocycles. The van der Waals surface area contributed by atoms with Crippen molar-refractivity contribution < 1.29 is 19.0 Å². The number of furan rings is 1. The topological polar surface area (TPSA) is 119 Å². The molecule has 0 spiro atoms. The third-order valence-corrected chi connectivity index (χ3v) is 1.92. The molecule has 94 valence electrons. The summed E-state index contributed by atoms with van der Waals surface area (Å²) in [6, 6.07) is 2.55. The maximum Gasteiger partial charge on any atom is 0.433 e. The van der Waals surface area contributed by atoms with Crippen molar-refractivity contribution in [3.8, 4) is 0 Å². The zero-order valence-corrected chi connectivity index (χ0v) is 9.19. The lowest BCUT2D eigenvalue weighted by Crippen LogP contribution is -2.37. The van der Waals surface area contributed by atoms with E-state index in [-0.39, 0.29) is 17.5 Å². The van der Waals surface area contributed by atoms with Crippen molar-refractivity contribution in [2.24, 2.45) is 10.1 Å². The van der Waals surface area contributed by atoms with Crippen molar-refractivity contribution in [1.82, 2.24) is 5.32 Å². The lowest BCUT2D eigenvalue weighted by atomic mass is 10.4. The minimum absolute atomic E-state index is 0.0599. The van der Waals surface area contributed by atoms with Crippen LogP contribution < -0.4 is 5.32 Å². The molecule has 1 N–H and O–H groups in total. The van der Waals surface area contributed by atoms with Crippen LogP contribution in [0.5, 0.6) is 0 Å². The summed E-state index contributed by atoms with van der Waals surface area (Å²) in [5, 5.41) is 16.4. The average molecular weight is 252 g/mol. The van der Waals surface area contributed by atoms with Gasteiger partial charge in [-0.05, 0) is 6.07 Å². The molecule has 9 nitrogen and oxygen atoms in total. The van der Waals surface area contributed by atoms with E-state index in [2.05, 4.69) is 15.5 Å². The van der Waals surface area contributed by atoms with Gasteiger partial charge in [-0.15, -0.1) is 0 Å². The number of rotatable bonds is 3. The number of nitrogens with one attached hydrogen (secondary N) is 1. The molecule has 0 saturated heterocycles. The fourth-order valence-electron chi connectivity index (χ4n) is 1.21. The lowest BCUT2D eigenvalue weighted by molar-refractivity contribution is -0.402. The highest BCUT2D eigenvalue weighted by atomic mass is 16.7. The molecule has 1 amide bonds. The minimum Gasteiger partial charge on any atom is -0.397 e. The number of hydrogen-bond acceptors (Lipinski definition) is 7. The van der Waals surface area contributed by atoms with Gasteiger partial charge in [0.25, 0.3) is 0 Å². The lowest BCUT2D eigenvalue weighted by Gasteiger charge is -2.14. The SMILES string of the molecule is CC(=O)NC1C=NC(c2ccc([N+](=O)[O-])o2)=NO1. The zero-order chi connectivity index (χ0) is 13.1. The van der Waals surface area contributed by atoms with Crippen LogP contribution in [0.1, 0.15) is 12.7 Å². The number of nitro groups is 1. The highest BCUT2D eigenvalue weighted by molar-refractivity contribution is 6.02. The fraction of sp³-hybridized carbons (Fsp3) is 0.222. The van der Waals surface area contributed by atoms with E-state index in [4.69, 9.17) is 9.25 Å². The Morgan fingerprint density at radius 2 is 2.33 bits per heavy atom. The second kappa shape index (κ2) is 4.65. The van der Waals surface area contributed by atoms with E-state index in [1.165, 1.54) is 25.3 Å². The number of amidine groups is 1. The summed E-state index contributed by atoms with van der Waals surface area (Å²) in [4.78, 5) is 29.3. The summed E-state index contributed by atoms with van der Waals surface area (Å²) in [5.74, 6) is -0.533. The molecule has 0 saturated carbocycles. The summed E-state index contributed by atoms with van der Waals surface area (Å²) in [7, 11) is 0. The van der Waals surface area contributed by atoms with Crippen LogP contribution in [0.2, 0.25) is 0 Å². The Labute approximate surface area is 100 Å². The normalized spacial score (nSPS) is 17.8. The summed E-state index contributed by atoms with van der Waals surface area (Å²) < 4.78 is 4.89. The summed E-state index contributed by atoms with van der Waals surface area (Å²) in [6.07, 6.45) is 0.550. The van der Waals surface area contributed by atoms with Crippen molar-refractivity contribution in [3.05, 3.63) is 28.0 Å². The monoisotopic (exact) mass is 252 g/mol. The van der Waals surface area contributed by atoms with E-state index >= 15 is 0 Å². The zero-order valence-electron chi connectivity index (χ0n) is 9.19. The molecular formula is C9H8N4O5. The van der Waals surface area contributed by atoms with Gasteiger partial charge in [0.1, 0.15) is 4.92 Å². The van der Waals surface area contributed by atoms with E-state index in [0.29, 0.717) is 0 Å². The first-order valence-electron chi connectivity index (χ1n) is 4.86. The first-order valence-corrected chi connectivity index (χ1v) is 4.86. The molecular weight excluding hydrogens is 244 g/mol. The van der Waals surface area contributed by atoms with Gasteiger partial charge in [-0.2, -0.15) is 0 Å². The third kappa shape index (κ3) is 2.51. The number of nitrogens with zero attached hydrogens (tertiary/aromatic N) is 3. The molecule has 1 aromatic rings. The quantitative estimate of drug-likeness (QED) is 0.617. The first kappa shape index (κ1) is 11.8. The highest BCUT2D eigenvalue weighted by Gasteiger charge is 2.19. The van der Waals surface area contributed by atoms with Crippen molar-refractivity contribution in [3.63, 3.8) is 0 Å². The molecule has 1 aliphatic rings. The first-order chi connectivity index (χ1) is 8.56. The van der Waals surface area contributed by atoms with Crippen LogP contribution in [0.15, 0.2) is 26.7 Å². The van der Waals surface area contributed by atoms with Crippen LogP contribution in [-0.2, 0) is 9.63 Å². The molecule has 1 unspecified atom stereocenters. The fourth-order valence-corrected chi connectivity index (χ4v) is 1.21. The van der Waals surface area contributed by atoms with Gasteiger partial charge in [0.05, 0.1) is 12.3 Å². The number of aliphatic imine (C=N–C) groups is 1. The Hall–Kier alpha value is -2.71. The molecule has 0 aliphatic carbocycles. The maximum atomic E-state index is 10.7. The van der Waals surface area contributed by atoms with Gasteiger partial charge in [0.2, 0.25) is 18.0 Å². The number of carbonyl (C=O) groups excluding carboxylic acids is 1. The molecule has 0 bridgehead atoms. The van der Waals surface area contributed by atoms with Crippen LogP contribution in [0.25, 0.3) is 0 Å². The average Bonchev–Trinajstić information content (AvgIpc) is 2.78. The Balaban J connectivity index is 2.08. The van der Waals surface area contributed by atoms with E-state index in [0.717, 1.165) is 0 Å². The van der Waals surface area contributed by atoms with Crippen LogP contribution in [0.3, 0.4) is 0 Å². The molecule has 0 fully saturated rings. The van der Waals surface area contributed by atoms with Gasteiger partial charge in [0.15, 0.2) is 5.76 Å². The molecule has 1 aromatic heterocycles. The van der Waals surface area contributed by atoms with Crippen LogP contribution in [-0.4, -0.2) is 29.1 Å². The van der Waals surface area contributed by atoms with Gasteiger partial charge < -0.3 is 14.6 Å². The van der Waals surface area contributed by atoms with Crippen LogP contribution >= 0.6 is 0 Å². The van der Waals surface area contributed by atoms with Gasteiger partial charge >= 0.3 is 5.88 Å². The smallest absolute Gasteiger partial charge is 0.397 e. The molecule has 18 heavy (non-hydrogen) atoms. The van der Waals surface area contributed by atoms with E-state index < -0.39 is 17.0 Å². The van der Waals surface area contributed by atoms with Crippen molar-refractivity contribution in [2.75, 3.05) is 0 Å². The standard InChI is InChI=1S/C9H8N4O5/c1-5(14)11-7-4-10-9(12-18-7)6-2-3-8(17-6)13(15)16/h2-4,7H,1H3,(H,11,14). The Kier molecular flexibility index (Phi) is 3.04. The Morgan fingerprint density at radius 1 is 1.56 bits per heavy atom. The Morgan fingerprint density at radius 3 is 2.83 bits per heavy atom. The Bertz CT molecular complexity index is 547. The minimum atomic E-state index is -0.754. The third-order valence-electron chi connectivity index (χ3n) is 1.92. The number of carbonyl (C=O) groups is 1. The van der Waals surface area contributed by atoms with Crippen LogP contribution in [0, 0.1) is 10.1 Å². The number of amides is 1. The summed E-state index contributed by atoms with van der Waals surface area (Å²) in [5.41, 5.74) is 0. The van der Waals surface area contributed by atoms with Gasteiger partial charge in [-0.25, -0.2) is 4.99 Å². The largest absolute Gasteiger partial charge is 0.433 e. The van der Waals surface area contributed by atoms with Crippen molar-refractivity contribution in [2.45, 2.75) is 13.2 Å². The van der Waals surface area contributed by atoms with Gasteiger partial charge in [-0.1, -0.05) is 5.16 Å². The number of hydrogen-bond donors (Lipinski definition) is 1. The van der Waals surface area contributed by atoms with Gasteiger partial charge in [0, 0.05) is 6.92 Å². The van der Waals surface area contributed by atoms with Crippen molar-refractivity contribution >= 4 is 23.8 Å². The molecule has 1 atom stereocenters. The predicted octanol–water partition coefficient (Wildman–Crippen LogP) is 0.413. The molecule has 9 heteroatoms. The van der Waals surface area contributed by atoms with E-state index in [1.807, 2.05) is 0 Å². The van der Waals surface area contributed by atoms with Crippen molar-refractivity contribution in [1.29, 1.82) is 0 Å². The summed E-state index contributed by atoms with van der Waals surface area (Å²) in [6.45, 7) is 1.33. The van der Waals surface area contributed by atoms with E-state index in [1.54, 1.807) is 0 Å². The second-order valence-corrected chi connectivity index (χ2v) is 3.31. The highest BCUT2D eigenvalue weighted by Crippen LogP contribution is 2.17. The molecule has 2 rings (SSSR count). The summed E-state index contributed by atoms with van der Waals surface area (Å²) >= 11 is 0. The van der Waals surface area contributed by atoms with Crippen LogP contribution in [0.4, 0.5) is 5.88 Å².